The normalized spacial score (nSPS) is 13.8. The minimum absolute atomic E-state index is 0.200. The second-order valence-corrected chi connectivity index (χ2v) is 6.45. The van der Waals surface area contributed by atoms with E-state index in [0.29, 0.717) is 12.5 Å². The van der Waals surface area contributed by atoms with Crippen LogP contribution in [0.1, 0.15) is 19.8 Å². The fourth-order valence-corrected chi connectivity index (χ4v) is 2.95. The third-order valence-corrected chi connectivity index (χ3v) is 5.12. The first-order valence-electron chi connectivity index (χ1n) is 5.51. The highest BCUT2D eigenvalue weighted by atomic mass is 79.9. The predicted molar refractivity (Wildman–Crippen MR) is 70.6 cm³/mol. The van der Waals surface area contributed by atoms with Crippen LogP contribution in [0, 0.1) is 5.92 Å². The van der Waals surface area contributed by atoms with Crippen molar-refractivity contribution in [3.63, 3.8) is 0 Å². The molecular weight excluding hydrogens is 306 g/mol. The molecule has 0 aromatic carbocycles. The first kappa shape index (κ1) is 14.7. The van der Waals surface area contributed by atoms with Crippen molar-refractivity contribution < 1.29 is 8.42 Å². The molecule has 0 bridgehead atoms. The van der Waals surface area contributed by atoms with Gasteiger partial charge >= 0.3 is 0 Å². The van der Waals surface area contributed by atoms with Gasteiger partial charge in [-0.15, -0.1) is 0 Å². The molecule has 1 rings (SSSR count). The van der Waals surface area contributed by atoms with Gasteiger partial charge in [0.15, 0.2) is 5.03 Å². The van der Waals surface area contributed by atoms with Crippen LogP contribution in [0.25, 0.3) is 0 Å². The number of aryl methyl sites for hydroxylation is 1. The fourth-order valence-electron chi connectivity index (χ4n) is 1.43. The van der Waals surface area contributed by atoms with Crippen LogP contribution in [0.2, 0.25) is 0 Å². The molecule has 1 atom stereocenters. The SMILES string of the molecule is CC(CBr)CCCNS(=O)(=O)c1ccnn1C. The Kier molecular flexibility index (Phi) is 5.61. The number of hydrogen-bond donors (Lipinski definition) is 1. The summed E-state index contributed by atoms with van der Waals surface area (Å²) >= 11 is 3.40. The summed E-state index contributed by atoms with van der Waals surface area (Å²) in [6, 6.07) is 1.49. The molecule has 1 N–H and O–H groups in total. The van der Waals surface area contributed by atoms with Crippen LogP contribution in [0.3, 0.4) is 0 Å². The van der Waals surface area contributed by atoms with E-state index in [1.807, 2.05) is 0 Å². The maximum Gasteiger partial charge on any atom is 0.257 e. The Bertz CT molecular complexity index is 444. The Labute approximate surface area is 111 Å². The lowest BCUT2D eigenvalue weighted by Crippen LogP contribution is -2.27. The molecule has 1 unspecified atom stereocenters. The molecule has 1 aromatic heterocycles. The van der Waals surface area contributed by atoms with Gasteiger partial charge in [0.1, 0.15) is 0 Å². The van der Waals surface area contributed by atoms with Crippen molar-refractivity contribution in [3.05, 3.63) is 12.3 Å². The highest BCUT2D eigenvalue weighted by Crippen LogP contribution is 2.09. The van der Waals surface area contributed by atoms with Crippen LogP contribution in [-0.2, 0) is 17.1 Å². The maximum absolute atomic E-state index is 11.8. The monoisotopic (exact) mass is 323 g/mol. The van der Waals surface area contributed by atoms with E-state index in [1.54, 1.807) is 7.05 Å². The first-order valence-corrected chi connectivity index (χ1v) is 8.11. The molecule has 0 saturated carbocycles. The Morgan fingerprint density at radius 2 is 2.29 bits per heavy atom. The second-order valence-electron chi connectivity index (χ2n) is 4.09. The third kappa shape index (κ3) is 4.40. The summed E-state index contributed by atoms with van der Waals surface area (Å²) < 4.78 is 27.6. The van der Waals surface area contributed by atoms with Gasteiger partial charge in [-0.2, -0.15) is 5.10 Å². The minimum Gasteiger partial charge on any atom is -0.256 e. The summed E-state index contributed by atoms with van der Waals surface area (Å²) in [4.78, 5) is 0. The molecule has 0 aliphatic carbocycles. The third-order valence-electron chi connectivity index (χ3n) is 2.48. The highest BCUT2D eigenvalue weighted by molar-refractivity contribution is 9.09. The lowest BCUT2D eigenvalue weighted by Gasteiger charge is -2.09. The average Bonchev–Trinajstić information content (AvgIpc) is 2.71. The van der Waals surface area contributed by atoms with Crippen LogP contribution in [0.15, 0.2) is 17.3 Å². The molecule has 1 aromatic rings. The predicted octanol–water partition coefficient (Wildman–Crippen LogP) is 1.51. The molecule has 0 amide bonds. The van der Waals surface area contributed by atoms with E-state index >= 15 is 0 Å². The largest absolute Gasteiger partial charge is 0.257 e. The Hall–Kier alpha value is -0.400. The van der Waals surface area contributed by atoms with E-state index in [1.165, 1.54) is 16.9 Å². The minimum atomic E-state index is -3.41. The lowest BCUT2D eigenvalue weighted by molar-refractivity contribution is 0.539. The Morgan fingerprint density at radius 1 is 1.59 bits per heavy atom. The topological polar surface area (TPSA) is 64.0 Å². The van der Waals surface area contributed by atoms with E-state index < -0.39 is 10.0 Å². The van der Waals surface area contributed by atoms with Gasteiger partial charge in [-0.25, -0.2) is 13.1 Å². The van der Waals surface area contributed by atoms with Gasteiger partial charge in [-0.05, 0) is 24.8 Å². The molecule has 5 nitrogen and oxygen atoms in total. The van der Waals surface area contributed by atoms with E-state index in [4.69, 9.17) is 0 Å². The summed E-state index contributed by atoms with van der Waals surface area (Å²) in [7, 11) is -1.80. The molecule has 7 heteroatoms. The van der Waals surface area contributed by atoms with Gasteiger partial charge in [-0.3, -0.25) is 4.68 Å². The number of sulfonamides is 1. The fraction of sp³-hybridized carbons (Fsp3) is 0.700. The van der Waals surface area contributed by atoms with Crippen molar-refractivity contribution in [3.8, 4) is 0 Å². The second kappa shape index (κ2) is 6.51. The summed E-state index contributed by atoms with van der Waals surface area (Å²) in [5, 5.41) is 4.99. The zero-order valence-electron chi connectivity index (χ0n) is 10.1. The van der Waals surface area contributed by atoms with Gasteiger partial charge in [0.05, 0.1) is 6.20 Å². The zero-order valence-corrected chi connectivity index (χ0v) is 12.5. The van der Waals surface area contributed by atoms with Gasteiger partial charge in [0.25, 0.3) is 10.0 Å². The first-order chi connectivity index (χ1) is 7.97. The lowest BCUT2D eigenvalue weighted by atomic mass is 10.1. The zero-order chi connectivity index (χ0) is 12.9. The van der Waals surface area contributed by atoms with E-state index in [9.17, 15) is 8.42 Å². The van der Waals surface area contributed by atoms with Crippen molar-refractivity contribution >= 4 is 26.0 Å². The number of aromatic nitrogens is 2. The molecule has 17 heavy (non-hydrogen) atoms. The number of hydrogen-bond acceptors (Lipinski definition) is 3. The number of alkyl halides is 1. The van der Waals surface area contributed by atoms with Gasteiger partial charge < -0.3 is 0 Å². The number of rotatable bonds is 7. The molecule has 0 saturated heterocycles. The Morgan fingerprint density at radius 3 is 2.82 bits per heavy atom. The van der Waals surface area contributed by atoms with Crippen molar-refractivity contribution in [2.75, 3.05) is 11.9 Å². The maximum atomic E-state index is 11.8. The van der Waals surface area contributed by atoms with Gasteiger partial charge in [-0.1, -0.05) is 22.9 Å². The molecule has 1 heterocycles. The van der Waals surface area contributed by atoms with Gasteiger partial charge in [0, 0.05) is 18.9 Å². The summed E-state index contributed by atoms with van der Waals surface area (Å²) in [5.74, 6) is 0.566. The molecule has 0 spiro atoms. The van der Waals surface area contributed by atoms with Crippen LogP contribution < -0.4 is 4.72 Å². The average molecular weight is 324 g/mol. The molecular formula is C10H18BrN3O2S. The van der Waals surface area contributed by atoms with Gasteiger partial charge in [0.2, 0.25) is 0 Å². The molecule has 0 radical (unpaired) electrons. The molecule has 98 valence electrons. The molecule has 0 aliphatic heterocycles. The molecule has 0 aliphatic rings. The van der Waals surface area contributed by atoms with Crippen molar-refractivity contribution in [2.45, 2.75) is 24.8 Å². The number of nitrogens with zero attached hydrogens (tertiary/aromatic N) is 2. The van der Waals surface area contributed by atoms with Crippen molar-refractivity contribution in [1.29, 1.82) is 0 Å². The quantitative estimate of drug-likeness (QED) is 0.611. The summed E-state index contributed by atoms with van der Waals surface area (Å²) in [6.45, 7) is 2.59. The van der Waals surface area contributed by atoms with Crippen LogP contribution in [-0.4, -0.2) is 30.1 Å². The Balaban J connectivity index is 2.44. The van der Waals surface area contributed by atoms with Crippen molar-refractivity contribution in [2.24, 2.45) is 13.0 Å². The van der Waals surface area contributed by atoms with E-state index in [2.05, 4.69) is 32.7 Å². The van der Waals surface area contributed by atoms with Crippen LogP contribution in [0.5, 0.6) is 0 Å². The van der Waals surface area contributed by atoms with E-state index in [0.717, 1.165) is 18.2 Å². The molecule has 0 fully saturated rings. The summed E-state index contributed by atoms with van der Waals surface area (Å²) in [5.41, 5.74) is 0. The number of nitrogens with one attached hydrogen (secondary N) is 1. The van der Waals surface area contributed by atoms with Crippen LogP contribution >= 0.6 is 15.9 Å². The smallest absolute Gasteiger partial charge is 0.256 e. The standard InChI is InChI=1S/C10H18BrN3O2S/c1-9(8-11)4-3-6-13-17(15,16)10-5-7-12-14(10)2/h5,7,9,13H,3-4,6,8H2,1-2H3. The van der Waals surface area contributed by atoms with Crippen molar-refractivity contribution in [1.82, 2.24) is 14.5 Å². The summed E-state index contributed by atoms with van der Waals surface area (Å²) in [6.07, 6.45) is 3.31. The van der Waals surface area contributed by atoms with E-state index in [-0.39, 0.29) is 5.03 Å². The highest BCUT2D eigenvalue weighted by Gasteiger charge is 2.16. The van der Waals surface area contributed by atoms with Crippen LogP contribution in [0.4, 0.5) is 0 Å². The number of halogens is 1.